The van der Waals surface area contributed by atoms with Crippen molar-refractivity contribution in [2.24, 2.45) is 0 Å². The zero-order valence-electron chi connectivity index (χ0n) is 8.29. The number of rotatable bonds is 2. The lowest BCUT2D eigenvalue weighted by atomic mass is 10.1. The number of hydrogen-bond acceptors (Lipinski definition) is 2. The van der Waals surface area contributed by atoms with Crippen LogP contribution in [-0.4, -0.2) is 18.5 Å². The van der Waals surface area contributed by atoms with Gasteiger partial charge in [-0.1, -0.05) is 24.1 Å². The topological polar surface area (TPSA) is 41.1 Å². The zero-order valence-corrected chi connectivity index (χ0v) is 8.29. The van der Waals surface area contributed by atoms with Crippen molar-refractivity contribution in [3.8, 4) is 12.3 Å². The monoisotopic (exact) mass is 200 g/mol. The van der Waals surface area contributed by atoms with Crippen LogP contribution in [0.3, 0.4) is 0 Å². The number of benzene rings is 1. The largest absolute Gasteiger partial charge is 0.373 e. The van der Waals surface area contributed by atoms with E-state index in [1.165, 1.54) is 5.56 Å². The lowest BCUT2D eigenvalue weighted by Gasteiger charge is -2.09. The van der Waals surface area contributed by atoms with Crippen LogP contribution < -0.4 is 10.6 Å². The second-order valence-corrected chi connectivity index (χ2v) is 3.48. The van der Waals surface area contributed by atoms with Gasteiger partial charge in [-0.25, -0.2) is 0 Å². The molecule has 0 spiro atoms. The van der Waals surface area contributed by atoms with Gasteiger partial charge in [-0.3, -0.25) is 4.79 Å². The van der Waals surface area contributed by atoms with E-state index in [-0.39, 0.29) is 18.5 Å². The van der Waals surface area contributed by atoms with Gasteiger partial charge in [0.1, 0.15) is 6.04 Å². The Morgan fingerprint density at radius 1 is 1.60 bits per heavy atom. The minimum Gasteiger partial charge on any atom is -0.373 e. The highest BCUT2D eigenvalue weighted by Crippen LogP contribution is 2.24. The molecule has 76 valence electrons. The lowest BCUT2D eigenvalue weighted by Crippen LogP contribution is -2.38. The number of carbonyl (C=O) groups is 1. The predicted octanol–water partition coefficient (Wildman–Crippen LogP) is 0.773. The average molecular weight is 200 g/mol. The molecule has 1 atom stereocenters. The molecule has 0 saturated carbocycles. The maximum absolute atomic E-state index is 11.6. The third-order valence-corrected chi connectivity index (χ3v) is 2.45. The smallest absolute Gasteiger partial charge is 0.243 e. The molecule has 15 heavy (non-hydrogen) atoms. The van der Waals surface area contributed by atoms with Crippen molar-refractivity contribution < 1.29 is 4.79 Å². The molecule has 0 bridgehead atoms. The predicted molar refractivity (Wildman–Crippen MR) is 59.4 cm³/mol. The minimum absolute atomic E-state index is 0.0378. The fourth-order valence-electron chi connectivity index (χ4n) is 1.72. The molecule has 0 aromatic heterocycles. The summed E-state index contributed by atoms with van der Waals surface area (Å²) < 4.78 is 0. The molecule has 1 amide bonds. The van der Waals surface area contributed by atoms with Crippen LogP contribution >= 0.6 is 0 Å². The van der Waals surface area contributed by atoms with Gasteiger partial charge >= 0.3 is 0 Å². The van der Waals surface area contributed by atoms with Crippen molar-refractivity contribution in [1.82, 2.24) is 5.32 Å². The molecule has 1 heterocycles. The van der Waals surface area contributed by atoms with E-state index in [9.17, 15) is 4.79 Å². The summed E-state index contributed by atoms with van der Waals surface area (Å²) in [5.41, 5.74) is 2.22. The van der Waals surface area contributed by atoms with E-state index < -0.39 is 0 Å². The van der Waals surface area contributed by atoms with Gasteiger partial charge < -0.3 is 10.6 Å². The van der Waals surface area contributed by atoms with Gasteiger partial charge in [-0.05, 0) is 11.6 Å². The van der Waals surface area contributed by atoms with Gasteiger partial charge in [-0.2, -0.15) is 0 Å². The van der Waals surface area contributed by atoms with Crippen LogP contribution in [0.25, 0.3) is 0 Å². The number of nitrogens with one attached hydrogen (secondary N) is 2. The molecule has 0 saturated heterocycles. The molecular formula is C12H12N2O. The molecule has 2 rings (SSSR count). The van der Waals surface area contributed by atoms with E-state index in [1.54, 1.807) is 0 Å². The molecule has 0 fully saturated rings. The summed E-state index contributed by atoms with van der Waals surface area (Å²) in [5.74, 6) is 2.35. The molecular weight excluding hydrogens is 188 g/mol. The standard InChI is InChI=1S/C12H12N2O/c1-2-7-13-12(15)11-8-9-5-3-4-6-10(9)14-11/h1,3-6,11,14H,7-8H2,(H,13,15)/t11-/m0/s1. The summed E-state index contributed by atoms with van der Waals surface area (Å²) in [7, 11) is 0. The van der Waals surface area contributed by atoms with Crippen molar-refractivity contribution in [2.75, 3.05) is 11.9 Å². The van der Waals surface area contributed by atoms with Crippen LogP contribution in [0, 0.1) is 12.3 Å². The van der Waals surface area contributed by atoms with Gasteiger partial charge in [0.2, 0.25) is 5.91 Å². The van der Waals surface area contributed by atoms with E-state index in [2.05, 4.69) is 16.6 Å². The fraction of sp³-hybridized carbons (Fsp3) is 0.250. The lowest BCUT2D eigenvalue weighted by molar-refractivity contribution is -0.121. The number of anilines is 1. The van der Waals surface area contributed by atoms with Gasteiger partial charge in [0.05, 0.1) is 6.54 Å². The summed E-state index contributed by atoms with van der Waals surface area (Å²) >= 11 is 0. The summed E-state index contributed by atoms with van der Waals surface area (Å²) in [4.78, 5) is 11.6. The van der Waals surface area contributed by atoms with Crippen LogP contribution in [-0.2, 0) is 11.2 Å². The number of amides is 1. The first kappa shape index (κ1) is 9.60. The summed E-state index contributed by atoms with van der Waals surface area (Å²) in [6.07, 6.45) is 5.80. The Balaban J connectivity index is 2.01. The zero-order chi connectivity index (χ0) is 10.7. The first-order valence-corrected chi connectivity index (χ1v) is 4.87. The van der Waals surface area contributed by atoms with Gasteiger partial charge in [0.15, 0.2) is 0 Å². The Kier molecular flexibility index (Phi) is 2.59. The van der Waals surface area contributed by atoms with Crippen molar-refractivity contribution in [3.63, 3.8) is 0 Å². The van der Waals surface area contributed by atoms with Crippen LogP contribution in [0.15, 0.2) is 24.3 Å². The Labute approximate surface area is 88.9 Å². The molecule has 0 aliphatic carbocycles. The minimum atomic E-state index is -0.184. The van der Waals surface area contributed by atoms with Crippen LogP contribution in [0.5, 0.6) is 0 Å². The molecule has 1 aromatic carbocycles. The van der Waals surface area contributed by atoms with Crippen molar-refractivity contribution in [1.29, 1.82) is 0 Å². The highest BCUT2D eigenvalue weighted by molar-refractivity contribution is 5.87. The molecule has 0 radical (unpaired) electrons. The molecule has 1 aliphatic heterocycles. The Morgan fingerprint density at radius 3 is 3.13 bits per heavy atom. The molecule has 0 unspecified atom stereocenters. The van der Waals surface area contributed by atoms with E-state index in [0.717, 1.165) is 12.1 Å². The summed E-state index contributed by atoms with van der Waals surface area (Å²) in [6, 6.07) is 7.74. The Hall–Kier alpha value is -1.95. The normalized spacial score (nSPS) is 17.4. The van der Waals surface area contributed by atoms with Crippen molar-refractivity contribution in [3.05, 3.63) is 29.8 Å². The molecule has 3 nitrogen and oxygen atoms in total. The maximum atomic E-state index is 11.6. The quantitative estimate of drug-likeness (QED) is 0.692. The second-order valence-electron chi connectivity index (χ2n) is 3.48. The fourth-order valence-corrected chi connectivity index (χ4v) is 1.72. The second kappa shape index (κ2) is 4.05. The number of para-hydroxylation sites is 1. The van der Waals surface area contributed by atoms with E-state index in [0.29, 0.717) is 0 Å². The third-order valence-electron chi connectivity index (χ3n) is 2.45. The third kappa shape index (κ3) is 1.94. The molecule has 1 aliphatic rings. The highest BCUT2D eigenvalue weighted by atomic mass is 16.2. The molecule has 1 aromatic rings. The van der Waals surface area contributed by atoms with Gasteiger partial charge in [-0.15, -0.1) is 6.42 Å². The Bertz CT molecular complexity index is 395. The number of carbonyl (C=O) groups excluding carboxylic acids is 1. The SMILES string of the molecule is C#CCNC(=O)[C@@H]1Cc2ccccc2N1. The van der Waals surface area contributed by atoms with Crippen LogP contribution in [0.1, 0.15) is 5.56 Å². The van der Waals surface area contributed by atoms with Gasteiger partial charge in [0, 0.05) is 12.1 Å². The maximum Gasteiger partial charge on any atom is 0.243 e. The summed E-state index contributed by atoms with van der Waals surface area (Å²) in [5, 5.41) is 5.83. The van der Waals surface area contributed by atoms with Crippen molar-refractivity contribution >= 4 is 11.6 Å². The highest BCUT2D eigenvalue weighted by Gasteiger charge is 2.25. The van der Waals surface area contributed by atoms with E-state index >= 15 is 0 Å². The van der Waals surface area contributed by atoms with Crippen LogP contribution in [0.4, 0.5) is 5.69 Å². The number of terminal acetylenes is 1. The first-order chi connectivity index (χ1) is 7.31. The Morgan fingerprint density at radius 2 is 2.40 bits per heavy atom. The first-order valence-electron chi connectivity index (χ1n) is 4.87. The van der Waals surface area contributed by atoms with Crippen LogP contribution in [0.2, 0.25) is 0 Å². The van der Waals surface area contributed by atoms with Gasteiger partial charge in [0.25, 0.3) is 0 Å². The average Bonchev–Trinajstić information content (AvgIpc) is 2.69. The van der Waals surface area contributed by atoms with E-state index in [4.69, 9.17) is 6.42 Å². The number of fused-ring (bicyclic) bond motifs is 1. The summed E-state index contributed by atoms with van der Waals surface area (Å²) in [6.45, 7) is 0.285. The number of hydrogen-bond donors (Lipinski definition) is 2. The molecule has 2 N–H and O–H groups in total. The van der Waals surface area contributed by atoms with Crippen molar-refractivity contribution in [2.45, 2.75) is 12.5 Å². The molecule has 3 heteroatoms. The van der Waals surface area contributed by atoms with E-state index in [1.807, 2.05) is 24.3 Å².